The van der Waals surface area contributed by atoms with Crippen molar-refractivity contribution in [1.29, 1.82) is 0 Å². The number of nitrogens with two attached hydrogens (primary N) is 1. The maximum Gasteiger partial charge on any atom is 0.303 e. The van der Waals surface area contributed by atoms with Crippen molar-refractivity contribution in [3.05, 3.63) is 65.7 Å². The fourth-order valence-corrected chi connectivity index (χ4v) is 6.09. The second kappa shape index (κ2) is 24.2. The van der Waals surface area contributed by atoms with Gasteiger partial charge in [0.05, 0.1) is 0 Å². The van der Waals surface area contributed by atoms with Gasteiger partial charge >= 0.3 is 5.97 Å². The Hall–Kier alpha value is -5.65. The third kappa shape index (κ3) is 16.1. The van der Waals surface area contributed by atoms with Crippen LogP contribution in [-0.4, -0.2) is 99.5 Å². The van der Waals surface area contributed by atoms with Gasteiger partial charge in [-0.3, -0.25) is 38.4 Å². The van der Waals surface area contributed by atoms with E-state index in [1.165, 1.54) is 31.2 Å². The summed E-state index contributed by atoms with van der Waals surface area (Å²) in [5, 5.41) is 34.6. The highest BCUT2D eigenvalue weighted by Gasteiger charge is 2.36. The number of rotatable bonds is 24. The lowest BCUT2D eigenvalue weighted by molar-refractivity contribution is -0.138. The molecule has 0 aliphatic heterocycles. The summed E-state index contributed by atoms with van der Waals surface area (Å²) in [5.41, 5.74) is 6.65. The first-order valence-corrected chi connectivity index (χ1v) is 19.8. The van der Waals surface area contributed by atoms with E-state index in [4.69, 9.17) is 10.8 Å². The maximum atomic E-state index is 14.1. The van der Waals surface area contributed by atoms with Crippen molar-refractivity contribution in [3.8, 4) is 5.75 Å². The van der Waals surface area contributed by atoms with Crippen molar-refractivity contribution >= 4 is 59.9 Å². The summed E-state index contributed by atoms with van der Waals surface area (Å²) < 4.78 is 0. The van der Waals surface area contributed by atoms with Gasteiger partial charge in [-0.1, -0.05) is 83.0 Å². The summed E-state index contributed by atoms with van der Waals surface area (Å²) in [7, 11) is 0. The first-order valence-electron chi connectivity index (χ1n) is 19.1. The van der Waals surface area contributed by atoms with Gasteiger partial charge in [-0.15, -0.1) is 0 Å². The van der Waals surface area contributed by atoms with Crippen molar-refractivity contribution in [3.63, 3.8) is 0 Å². The molecule has 0 bridgehead atoms. The topological polar surface area (TPSA) is 275 Å². The Balaban J connectivity index is 2.38. The van der Waals surface area contributed by atoms with Crippen molar-refractivity contribution in [1.82, 2.24) is 31.9 Å². The van der Waals surface area contributed by atoms with E-state index < -0.39 is 102 Å². The fraction of sp³-hybridized carbons (Fsp3) is 0.500. The number of hydrogen-bond acceptors (Lipinski definition) is 10. The van der Waals surface area contributed by atoms with E-state index in [0.717, 1.165) is 5.56 Å². The van der Waals surface area contributed by atoms with Crippen molar-refractivity contribution in [2.24, 2.45) is 17.6 Å². The third-order valence-corrected chi connectivity index (χ3v) is 10.1. The number of phenolic OH excluding ortho intramolecular Hbond substituents is 1. The Morgan fingerprint density at radius 3 is 1.53 bits per heavy atom. The molecule has 0 spiro atoms. The molecular formula is C40H57N7O10S. The van der Waals surface area contributed by atoms with Crippen LogP contribution in [0.5, 0.6) is 5.75 Å². The molecular weight excluding hydrogens is 771 g/mol. The highest BCUT2D eigenvalue weighted by atomic mass is 32.1. The van der Waals surface area contributed by atoms with Crippen LogP contribution in [0.25, 0.3) is 0 Å². The Morgan fingerprint density at radius 2 is 1.05 bits per heavy atom. The first-order chi connectivity index (χ1) is 27.4. The molecule has 0 radical (unpaired) electrons. The highest BCUT2D eigenvalue weighted by Crippen LogP contribution is 2.16. The number of carboxylic acids is 1. The van der Waals surface area contributed by atoms with Gasteiger partial charge in [-0.2, -0.15) is 12.6 Å². The molecule has 0 heterocycles. The molecule has 18 heteroatoms. The number of thiol groups is 1. The minimum atomic E-state index is -1.35. The van der Waals surface area contributed by atoms with Crippen LogP contribution in [-0.2, 0) is 51.2 Å². The summed E-state index contributed by atoms with van der Waals surface area (Å²) in [6.45, 7) is 8.41. The number of aliphatic carboxylic acids is 1. The van der Waals surface area contributed by atoms with Gasteiger partial charge in [-0.05, 0) is 41.5 Å². The second-order valence-electron chi connectivity index (χ2n) is 14.3. The molecule has 318 valence electrons. The van der Waals surface area contributed by atoms with E-state index in [1.807, 2.05) is 25.1 Å². The zero-order valence-corrected chi connectivity index (χ0v) is 34.3. The summed E-state index contributed by atoms with van der Waals surface area (Å²) in [6, 6.07) is 7.51. The zero-order valence-electron chi connectivity index (χ0n) is 33.4. The average molecular weight is 828 g/mol. The number of aromatic hydroxyl groups is 1. The quantitative estimate of drug-likeness (QED) is 0.0654. The number of benzene rings is 2. The molecule has 0 aromatic heterocycles. The predicted molar refractivity (Wildman–Crippen MR) is 218 cm³/mol. The smallest absolute Gasteiger partial charge is 0.303 e. The fourth-order valence-electron chi connectivity index (χ4n) is 5.84. The van der Waals surface area contributed by atoms with Crippen LogP contribution in [0, 0.1) is 11.8 Å². The van der Waals surface area contributed by atoms with Gasteiger partial charge in [0.1, 0.15) is 42.0 Å². The van der Waals surface area contributed by atoms with Gasteiger partial charge < -0.3 is 47.8 Å². The van der Waals surface area contributed by atoms with Gasteiger partial charge in [0, 0.05) is 31.9 Å². The Bertz CT molecular complexity index is 1730. The number of primary amides is 1. The van der Waals surface area contributed by atoms with Crippen LogP contribution in [0.4, 0.5) is 0 Å². The Labute approximate surface area is 343 Å². The monoisotopic (exact) mass is 827 g/mol. The average Bonchev–Trinajstić information content (AvgIpc) is 3.18. The molecule has 8 atom stereocenters. The molecule has 0 saturated heterocycles. The maximum absolute atomic E-state index is 14.1. The zero-order chi connectivity index (χ0) is 43.5. The summed E-state index contributed by atoms with van der Waals surface area (Å²) in [5.74, 6) is -7.54. The SMILES string of the molecule is CC[C@H](C)[C@H](NC(=O)[C@H](Cc1ccccc1)NC(C)=O)C(=O)N[C@H](C(=O)N[C@@H](Cc1ccc(O)cc1)C(=O)N[C@@H](CS)C(=O)N[C@@H](CCC(=O)O)C(N)=O)[C@@H](C)CC. The van der Waals surface area contributed by atoms with Gasteiger partial charge in [-0.25, -0.2) is 0 Å². The number of nitrogens with one attached hydrogen (secondary N) is 6. The van der Waals surface area contributed by atoms with E-state index in [9.17, 15) is 43.5 Å². The normalized spacial score (nSPS) is 15.1. The molecule has 2 aromatic rings. The summed E-state index contributed by atoms with van der Waals surface area (Å²) in [4.78, 5) is 104. The largest absolute Gasteiger partial charge is 0.508 e. The Kier molecular flexibility index (Phi) is 20.2. The van der Waals surface area contributed by atoms with E-state index in [2.05, 4.69) is 44.5 Å². The molecule has 0 fully saturated rings. The lowest BCUT2D eigenvalue weighted by Crippen LogP contribution is -2.62. The molecule has 7 amide bonds. The molecule has 58 heavy (non-hydrogen) atoms. The Morgan fingerprint density at radius 1 is 0.621 bits per heavy atom. The van der Waals surface area contributed by atoms with Gasteiger partial charge in [0.25, 0.3) is 0 Å². The minimum absolute atomic E-state index is 0.0431. The molecule has 0 unspecified atom stereocenters. The van der Waals surface area contributed by atoms with Gasteiger partial charge in [0.2, 0.25) is 41.4 Å². The van der Waals surface area contributed by atoms with E-state index in [1.54, 1.807) is 32.9 Å². The van der Waals surface area contributed by atoms with Crippen LogP contribution in [0.2, 0.25) is 0 Å². The van der Waals surface area contributed by atoms with Crippen LogP contribution < -0.4 is 37.6 Å². The van der Waals surface area contributed by atoms with Crippen molar-refractivity contribution < 1.29 is 48.6 Å². The van der Waals surface area contributed by atoms with E-state index in [0.29, 0.717) is 18.4 Å². The first kappa shape index (κ1) is 48.5. The molecule has 2 rings (SSSR count). The van der Waals surface area contributed by atoms with Crippen LogP contribution >= 0.6 is 12.6 Å². The number of carbonyl (C=O) groups is 8. The highest BCUT2D eigenvalue weighted by molar-refractivity contribution is 7.80. The molecule has 2 aromatic carbocycles. The van der Waals surface area contributed by atoms with Crippen LogP contribution in [0.15, 0.2) is 54.6 Å². The number of carboxylic acid groups (broad SMARTS) is 1. The lowest BCUT2D eigenvalue weighted by atomic mass is 9.94. The number of hydrogen-bond donors (Lipinski definition) is 10. The molecule has 0 saturated carbocycles. The molecule has 0 aliphatic carbocycles. The standard InChI is InChI=1S/C40H57N7O10S/c1-6-22(3)33(47-40(57)34(23(4)7-2)46-37(54)29(42-24(5)48)19-25-11-9-8-10-12-25)39(56)44-30(20-26-13-15-27(49)16-14-26)36(53)45-31(21-58)38(55)43-28(35(41)52)17-18-32(50)51/h8-16,22-23,28-31,33-34,49,58H,6-7,17-21H2,1-5H3,(H2,41,52)(H,42,48)(H,43,55)(H,44,56)(H,45,53)(H,46,54)(H,47,57)(H,50,51)/t22-,23-,28-,29-,30-,31-,33-,34-/m0/s1. The minimum Gasteiger partial charge on any atom is -0.508 e. The van der Waals surface area contributed by atoms with E-state index in [-0.39, 0.29) is 30.8 Å². The van der Waals surface area contributed by atoms with Crippen LogP contribution in [0.3, 0.4) is 0 Å². The van der Waals surface area contributed by atoms with Crippen molar-refractivity contribution in [2.45, 2.75) is 109 Å². The summed E-state index contributed by atoms with van der Waals surface area (Å²) >= 11 is 4.17. The molecule has 10 N–H and O–H groups in total. The molecule has 0 aliphatic rings. The van der Waals surface area contributed by atoms with Gasteiger partial charge in [0.15, 0.2) is 0 Å². The second-order valence-corrected chi connectivity index (χ2v) is 14.6. The van der Waals surface area contributed by atoms with Crippen molar-refractivity contribution in [2.75, 3.05) is 5.75 Å². The number of amides is 7. The third-order valence-electron chi connectivity index (χ3n) is 9.69. The summed E-state index contributed by atoms with van der Waals surface area (Å²) in [6.07, 6.45) is 0.167. The number of phenols is 1. The van der Waals surface area contributed by atoms with E-state index >= 15 is 0 Å². The molecule has 17 nitrogen and oxygen atoms in total. The van der Waals surface area contributed by atoms with Crippen LogP contribution in [0.1, 0.15) is 71.4 Å². The lowest BCUT2D eigenvalue weighted by Gasteiger charge is -2.31. The predicted octanol–water partition coefficient (Wildman–Crippen LogP) is 0.478. The number of carbonyl (C=O) groups excluding carboxylic acids is 7.